The molecule has 4 aromatic rings. The van der Waals surface area contributed by atoms with Gasteiger partial charge in [0.05, 0.1) is 12.7 Å². The average molecular weight is 404 g/mol. The second-order valence-corrected chi connectivity index (χ2v) is 6.92. The Balaban J connectivity index is 1.52. The number of esters is 2. The van der Waals surface area contributed by atoms with Crippen molar-refractivity contribution in [3.05, 3.63) is 72.1 Å². The van der Waals surface area contributed by atoms with Crippen molar-refractivity contribution >= 4 is 39.5 Å². The van der Waals surface area contributed by atoms with Crippen LogP contribution in [-0.4, -0.2) is 40.5 Å². The molecule has 1 atom stereocenters. The van der Waals surface area contributed by atoms with Crippen molar-refractivity contribution in [2.24, 2.45) is 0 Å². The third kappa shape index (κ3) is 3.45. The maximum absolute atomic E-state index is 12.8. The molecule has 0 aliphatic carbocycles. The van der Waals surface area contributed by atoms with E-state index < -0.39 is 18.0 Å². The van der Waals surface area contributed by atoms with E-state index in [4.69, 9.17) is 9.47 Å². The predicted molar refractivity (Wildman–Crippen MR) is 111 cm³/mol. The lowest BCUT2D eigenvalue weighted by molar-refractivity contribution is -0.146. The van der Waals surface area contributed by atoms with E-state index in [-0.39, 0.29) is 12.3 Å². The smallest absolute Gasteiger partial charge is 0.340 e. The van der Waals surface area contributed by atoms with Crippen LogP contribution in [0, 0.1) is 0 Å². The third-order valence-electron chi connectivity index (χ3n) is 5.03. The summed E-state index contributed by atoms with van der Waals surface area (Å²) < 4.78 is 11.8. The van der Waals surface area contributed by atoms with Crippen LogP contribution < -0.4 is 0 Å². The normalized spacial score (nSPS) is 12.1. The SMILES string of the molecule is COC(=O)c1cn(CC(=O)O[C@H](C)C(=O)c2c[nH]c3ccccc23)c2ccccc12. The Hall–Kier alpha value is -3.87. The van der Waals surface area contributed by atoms with E-state index in [1.807, 2.05) is 30.3 Å². The Morgan fingerprint density at radius 3 is 2.47 bits per heavy atom. The third-order valence-corrected chi connectivity index (χ3v) is 5.03. The van der Waals surface area contributed by atoms with Gasteiger partial charge >= 0.3 is 11.9 Å². The zero-order valence-corrected chi connectivity index (χ0v) is 16.5. The van der Waals surface area contributed by atoms with Crippen LogP contribution in [0.1, 0.15) is 27.6 Å². The minimum Gasteiger partial charge on any atom is -0.465 e. The van der Waals surface area contributed by atoms with Gasteiger partial charge in [-0.2, -0.15) is 0 Å². The highest BCUT2D eigenvalue weighted by atomic mass is 16.5. The molecule has 7 nitrogen and oxygen atoms in total. The number of methoxy groups -OCH3 is 1. The van der Waals surface area contributed by atoms with Gasteiger partial charge < -0.3 is 19.0 Å². The van der Waals surface area contributed by atoms with E-state index in [0.29, 0.717) is 22.0 Å². The summed E-state index contributed by atoms with van der Waals surface area (Å²) in [4.78, 5) is 40.4. The molecular weight excluding hydrogens is 384 g/mol. The molecule has 1 N–H and O–H groups in total. The summed E-state index contributed by atoms with van der Waals surface area (Å²) in [6.07, 6.45) is 2.24. The summed E-state index contributed by atoms with van der Waals surface area (Å²) in [5.41, 5.74) is 2.38. The number of aromatic nitrogens is 2. The molecular formula is C23H20N2O5. The molecule has 0 aliphatic heterocycles. The maximum atomic E-state index is 12.8. The van der Waals surface area contributed by atoms with Gasteiger partial charge in [-0.05, 0) is 19.1 Å². The number of carbonyl (C=O) groups is 3. The number of hydrogen-bond donors (Lipinski definition) is 1. The summed E-state index contributed by atoms with van der Waals surface area (Å²) in [5.74, 6) is -1.34. The summed E-state index contributed by atoms with van der Waals surface area (Å²) in [5, 5.41) is 1.46. The molecule has 7 heteroatoms. The van der Waals surface area contributed by atoms with Gasteiger partial charge in [-0.1, -0.05) is 36.4 Å². The zero-order valence-electron chi connectivity index (χ0n) is 16.5. The topological polar surface area (TPSA) is 90.4 Å². The van der Waals surface area contributed by atoms with Gasteiger partial charge in [0, 0.05) is 39.8 Å². The Kier molecular flexibility index (Phi) is 5.10. The first-order valence-electron chi connectivity index (χ1n) is 9.45. The number of fused-ring (bicyclic) bond motifs is 2. The monoisotopic (exact) mass is 404 g/mol. The Labute approximate surface area is 172 Å². The summed E-state index contributed by atoms with van der Waals surface area (Å²) in [7, 11) is 1.31. The first kappa shape index (κ1) is 19.4. The van der Waals surface area contributed by atoms with Crippen molar-refractivity contribution in [2.75, 3.05) is 7.11 Å². The number of nitrogens with one attached hydrogen (secondary N) is 1. The standard InChI is InChI=1S/C23H20N2O5/c1-14(22(27)17-11-24-19-9-5-3-7-15(17)19)30-21(26)13-25-12-18(23(28)29-2)16-8-4-6-10-20(16)25/h3-12,14,24H,13H2,1-2H3/t14-/m1/s1. The van der Waals surface area contributed by atoms with Gasteiger partial charge in [-0.3, -0.25) is 9.59 Å². The molecule has 0 amide bonds. The van der Waals surface area contributed by atoms with Gasteiger partial charge in [0.15, 0.2) is 6.10 Å². The van der Waals surface area contributed by atoms with Crippen LogP contribution >= 0.6 is 0 Å². The number of para-hydroxylation sites is 2. The molecule has 2 heterocycles. The number of Topliss-reactive ketones (excluding diaryl/α,β-unsaturated/α-hetero) is 1. The molecule has 2 aromatic carbocycles. The lowest BCUT2D eigenvalue weighted by Crippen LogP contribution is -2.26. The molecule has 0 unspecified atom stereocenters. The number of aromatic amines is 1. The summed E-state index contributed by atoms with van der Waals surface area (Å²) in [6, 6.07) is 14.6. The fraction of sp³-hybridized carbons (Fsp3) is 0.174. The Bertz CT molecular complexity index is 1270. The fourth-order valence-electron chi connectivity index (χ4n) is 3.57. The van der Waals surface area contributed by atoms with E-state index in [1.165, 1.54) is 7.11 Å². The second kappa shape index (κ2) is 7.87. The van der Waals surface area contributed by atoms with Gasteiger partial charge in [0.25, 0.3) is 0 Å². The average Bonchev–Trinajstić information content (AvgIpc) is 3.34. The molecule has 0 radical (unpaired) electrons. The predicted octanol–water partition coefficient (Wildman–Crippen LogP) is 3.72. The van der Waals surface area contributed by atoms with E-state index >= 15 is 0 Å². The fourth-order valence-corrected chi connectivity index (χ4v) is 3.57. The minimum atomic E-state index is -0.946. The van der Waals surface area contributed by atoms with Crippen molar-refractivity contribution < 1.29 is 23.9 Å². The highest BCUT2D eigenvalue weighted by Crippen LogP contribution is 2.23. The second-order valence-electron chi connectivity index (χ2n) is 6.92. The van der Waals surface area contributed by atoms with Crippen LogP contribution in [0.15, 0.2) is 60.9 Å². The molecule has 4 rings (SSSR count). The van der Waals surface area contributed by atoms with E-state index in [1.54, 1.807) is 42.1 Å². The molecule has 0 bridgehead atoms. The number of H-pyrrole nitrogens is 1. The van der Waals surface area contributed by atoms with E-state index in [2.05, 4.69) is 4.98 Å². The van der Waals surface area contributed by atoms with Crippen molar-refractivity contribution in [1.82, 2.24) is 9.55 Å². The molecule has 2 aromatic heterocycles. The van der Waals surface area contributed by atoms with Crippen LogP contribution in [0.2, 0.25) is 0 Å². The Morgan fingerprint density at radius 2 is 1.70 bits per heavy atom. The number of nitrogens with zero attached hydrogens (tertiary/aromatic N) is 1. The van der Waals surface area contributed by atoms with E-state index in [9.17, 15) is 14.4 Å². The van der Waals surface area contributed by atoms with Crippen molar-refractivity contribution in [3.8, 4) is 0 Å². The van der Waals surface area contributed by atoms with Crippen LogP contribution in [-0.2, 0) is 20.8 Å². The number of rotatable bonds is 6. The first-order valence-corrected chi connectivity index (χ1v) is 9.45. The van der Waals surface area contributed by atoms with Crippen molar-refractivity contribution in [1.29, 1.82) is 0 Å². The zero-order chi connectivity index (χ0) is 21.3. The molecule has 0 aliphatic rings. The van der Waals surface area contributed by atoms with Gasteiger partial charge in [-0.25, -0.2) is 4.79 Å². The molecule has 0 saturated heterocycles. The minimum absolute atomic E-state index is 0.136. The molecule has 30 heavy (non-hydrogen) atoms. The number of carbonyl (C=O) groups excluding carboxylic acids is 3. The van der Waals surface area contributed by atoms with Crippen LogP contribution in [0.3, 0.4) is 0 Å². The quantitative estimate of drug-likeness (QED) is 0.391. The van der Waals surface area contributed by atoms with Gasteiger partial charge in [0.2, 0.25) is 5.78 Å². The largest absolute Gasteiger partial charge is 0.465 e. The highest BCUT2D eigenvalue weighted by Gasteiger charge is 2.23. The van der Waals surface area contributed by atoms with Crippen LogP contribution in [0.25, 0.3) is 21.8 Å². The number of benzene rings is 2. The number of hydrogen-bond acceptors (Lipinski definition) is 5. The number of ether oxygens (including phenoxy) is 2. The maximum Gasteiger partial charge on any atom is 0.340 e. The van der Waals surface area contributed by atoms with E-state index in [0.717, 1.165) is 10.9 Å². The first-order chi connectivity index (χ1) is 14.5. The molecule has 0 saturated carbocycles. The highest BCUT2D eigenvalue weighted by molar-refractivity contribution is 6.10. The van der Waals surface area contributed by atoms with Crippen molar-refractivity contribution in [2.45, 2.75) is 19.6 Å². The molecule has 152 valence electrons. The van der Waals surface area contributed by atoms with Gasteiger partial charge in [0.1, 0.15) is 6.54 Å². The lowest BCUT2D eigenvalue weighted by atomic mass is 10.1. The molecule has 0 fully saturated rings. The van der Waals surface area contributed by atoms with Crippen LogP contribution in [0.5, 0.6) is 0 Å². The molecule has 0 spiro atoms. The summed E-state index contributed by atoms with van der Waals surface area (Å²) in [6.45, 7) is 1.42. The number of ketones is 1. The van der Waals surface area contributed by atoms with Crippen molar-refractivity contribution in [3.63, 3.8) is 0 Å². The lowest BCUT2D eigenvalue weighted by Gasteiger charge is -2.13. The summed E-state index contributed by atoms with van der Waals surface area (Å²) >= 11 is 0. The Morgan fingerprint density at radius 1 is 1.00 bits per heavy atom. The van der Waals surface area contributed by atoms with Crippen LogP contribution in [0.4, 0.5) is 0 Å². The van der Waals surface area contributed by atoms with Gasteiger partial charge in [-0.15, -0.1) is 0 Å².